The van der Waals surface area contributed by atoms with Gasteiger partial charge in [0.05, 0.1) is 12.7 Å². The molecule has 2 N–H and O–H groups in total. The molecule has 1 saturated heterocycles. The molecule has 5 heteroatoms. The third-order valence-electron chi connectivity index (χ3n) is 3.51. The normalized spacial score (nSPS) is 19.5. The fourth-order valence-electron chi connectivity index (χ4n) is 2.16. The predicted octanol–water partition coefficient (Wildman–Crippen LogP) is 1.97. The monoisotopic (exact) mass is 266 g/mol. The number of benzene rings is 1. The van der Waals surface area contributed by atoms with E-state index in [1.54, 1.807) is 11.8 Å². The summed E-state index contributed by atoms with van der Waals surface area (Å²) < 4.78 is 19.2. The molecule has 0 radical (unpaired) electrons. The molecule has 1 unspecified atom stereocenters. The van der Waals surface area contributed by atoms with Crippen LogP contribution in [-0.2, 0) is 4.74 Å². The van der Waals surface area contributed by atoms with Crippen LogP contribution in [0.3, 0.4) is 0 Å². The number of hydrogen-bond donors (Lipinski definition) is 1. The van der Waals surface area contributed by atoms with E-state index in [1.165, 1.54) is 12.1 Å². The van der Waals surface area contributed by atoms with Gasteiger partial charge in [-0.2, -0.15) is 0 Å². The third-order valence-corrected chi connectivity index (χ3v) is 3.51. The maximum atomic E-state index is 13.6. The molecule has 2 rings (SSSR count). The molecule has 0 spiro atoms. The van der Waals surface area contributed by atoms with Gasteiger partial charge >= 0.3 is 0 Å². The van der Waals surface area contributed by atoms with E-state index >= 15 is 0 Å². The van der Waals surface area contributed by atoms with Crippen molar-refractivity contribution in [2.45, 2.75) is 26.4 Å². The molecule has 0 aromatic heterocycles. The van der Waals surface area contributed by atoms with Gasteiger partial charge < -0.3 is 15.4 Å². The molecule has 1 aliphatic rings. The summed E-state index contributed by atoms with van der Waals surface area (Å²) in [4.78, 5) is 14.0. The van der Waals surface area contributed by atoms with Crippen molar-refractivity contribution in [1.29, 1.82) is 0 Å². The van der Waals surface area contributed by atoms with Crippen LogP contribution >= 0.6 is 0 Å². The molecule has 0 saturated carbocycles. The molecule has 1 aromatic rings. The van der Waals surface area contributed by atoms with Gasteiger partial charge in [-0.05, 0) is 25.5 Å². The molecule has 1 aliphatic heterocycles. The van der Waals surface area contributed by atoms with Crippen LogP contribution in [0, 0.1) is 12.7 Å². The number of ether oxygens (including phenoxy) is 1. The van der Waals surface area contributed by atoms with Gasteiger partial charge in [-0.3, -0.25) is 4.79 Å². The topological polar surface area (TPSA) is 55.6 Å². The van der Waals surface area contributed by atoms with Crippen molar-refractivity contribution in [1.82, 2.24) is 4.90 Å². The Hall–Kier alpha value is -1.62. The molecule has 104 valence electrons. The molecule has 19 heavy (non-hydrogen) atoms. The van der Waals surface area contributed by atoms with Gasteiger partial charge in [0.2, 0.25) is 0 Å². The summed E-state index contributed by atoms with van der Waals surface area (Å²) in [7, 11) is 0. The Labute approximate surface area is 112 Å². The lowest BCUT2D eigenvalue weighted by molar-refractivity contribution is -0.0226. The highest BCUT2D eigenvalue weighted by molar-refractivity contribution is 5.95. The minimum Gasteiger partial charge on any atom is -0.398 e. The van der Waals surface area contributed by atoms with Crippen LogP contribution in [0.5, 0.6) is 0 Å². The second-order valence-corrected chi connectivity index (χ2v) is 4.82. The summed E-state index contributed by atoms with van der Waals surface area (Å²) >= 11 is 0. The lowest BCUT2D eigenvalue weighted by Gasteiger charge is -2.32. The quantitative estimate of drug-likeness (QED) is 0.833. The van der Waals surface area contributed by atoms with Crippen LogP contribution in [0.1, 0.15) is 29.3 Å². The number of halogens is 1. The average Bonchev–Trinajstić information content (AvgIpc) is 2.43. The number of nitrogen functional groups attached to an aromatic ring is 1. The number of carbonyl (C=O) groups excluding carboxylic acids is 1. The number of amides is 1. The van der Waals surface area contributed by atoms with Crippen LogP contribution in [0.2, 0.25) is 0 Å². The lowest BCUT2D eigenvalue weighted by Crippen LogP contribution is -2.45. The minimum absolute atomic E-state index is 0.0605. The number of morpholine rings is 1. The van der Waals surface area contributed by atoms with Crippen LogP contribution in [0.15, 0.2) is 12.1 Å². The molecular weight excluding hydrogens is 247 g/mol. The van der Waals surface area contributed by atoms with Crippen LogP contribution in [0.25, 0.3) is 0 Å². The zero-order chi connectivity index (χ0) is 14.0. The van der Waals surface area contributed by atoms with E-state index < -0.39 is 5.82 Å². The van der Waals surface area contributed by atoms with E-state index in [4.69, 9.17) is 10.5 Å². The standard InChI is InChI=1S/C14H19FN2O2/c1-3-11-8-17(4-5-19-11)14(18)10-6-12(15)9(2)13(16)7-10/h6-7,11H,3-5,8,16H2,1-2H3. The smallest absolute Gasteiger partial charge is 0.254 e. The molecule has 0 bridgehead atoms. The number of hydrogen-bond acceptors (Lipinski definition) is 3. The van der Waals surface area contributed by atoms with Crippen molar-refractivity contribution in [3.05, 3.63) is 29.1 Å². The Morgan fingerprint density at radius 2 is 2.32 bits per heavy atom. The molecule has 1 aromatic carbocycles. The highest BCUT2D eigenvalue weighted by Crippen LogP contribution is 2.20. The summed E-state index contributed by atoms with van der Waals surface area (Å²) in [6.45, 7) is 5.21. The van der Waals surface area contributed by atoms with Gasteiger partial charge in [-0.25, -0.2) is 4.39 Å². The van der Waals surface area contributed by atoms with Crippen molar-refractivity contribution < 1.29 is 13.9 Å². The van der Waals surface area contributed by atoms with E-state index in [-0.39, 0.29) is 12.0 Å². The van der Waals surface area contributed by atoms with E-state index in [2.05, 4.69) is 0 Å². The van der Waals surface area contributed by atoms with Gasteiger partial charge in [0, 0.05) is 29.9 Å². The first-order valence-electron chi connectivity index (χ1n) is 6.49. The van der Waals surface area contributed by atoms with Crippen molar-refractivity contribution in [3.63, 3.8) is 0 Å². The van der Waals surface area contributed by atoms with Crippen LogP contribution in [-0.4, -0.2) is 36.6 Å². The van der Waals surface area contributed by atoms with Crippen molar-refractivity contribution in [2.24, 2.45) is 0 Å². The Kier molecular flexibility index (Phi) is 4.04. The maximum Gasteiger partial charge on any atom is 0.254 e. The van der Waals surface area contributed by atoms with E-state index in [0.29, 0.717) is 36.5 Å². The second-order valence-electron chi connectivity index (χ2n) is 4.82. The fourth-order valence-corrected chi connectivity index (χ4v) is 2.16. The highest BCUT2D eigenvalue weighted by Gasteiger charge is 2.24. The first-order chi connectivity index (χ1) is 9.02. The molecule has 1 heterocycles. The molecule has 4 nitrogen and oxygen atoms in total. The summed E-state index contributed by atoms with van der Waals surface area (Å²) in [6.07, 6.45) is 0.916. The van der Waals surface area contributed by atoms with Crippen molar-refractivity contribution in [3.8, 4) is 0 Å². The lowest BCUT2D eigenvalue weighted by atomic mass is 10.1. The van der Waals surface area contributed by atoms with Gasteiger partial charge in [-0.15, -0.1) is 0 Å². The first kappa shape index (κ1) is 13.8. The number of nitrogens with two attached hydrogens (primary N) is 1. The molecule has 1 atom stereocenters. The zero-order valence-electron chi connectivity index (χ0n) is 11.3. The zero-order valence-corrected chi connectivity index (χ0v) is 11.3. The molecule has 1 amide bonds. The van der Waals surface area contributed by atoms with Crippen molar-refractivity contribution >= 4 is 11.6 Å². The second kappa shape index (κ2) is 5.57. The Morgan fingerprint density at radius 1 is 1.58 bits per heavy atom. The number of rotatable bonds is 2. The minimum atomic E-state index is -0.441. The molecular formula is C14H19FN2O2. The van der Waals surface area contributed by atoms with Crippen LogP contribution < -0.4 is 5.73 Å². The first-order valence-corrected chi connectivity index (χ1v) is 6.49. The Balaban J connectivity index is 2.19. The predicted molar refractivity (Wildman–Crippen MR) is 71.5 cm³/mol. The fraction of sp³-hybridized carbons (Fsp3) is 0.500. The van der Waals surface area contributed by atoms with Crippen LogP contribution in [0.4, 0.5) is 10.1 Å². The summed E-state index contributed by atoms with van der Waals surface area (Å²) in [5, 5.41) is 0. The summed E-state index contributed by atoms with van der Waals surface area (Å²) in [5.41, 5.74) is 6.70. The Bertz CT molecular complexity index is 467. The third kappa shape index (κ3) is 2.87. The largest absolute Gasteiger partial charge is 0.398 e. The Morgan fingerprint density at radius 3 is 2.95 bits per heavy atom. The number of anilines is 1. The number of nitrogens with zero attached hydrogens (tertiary/aromatic N) is 1. The molecule has 0 aliphatic carbocycles. The van der Waals surface area contributed by atoms with E-state index in [0.717, 1.165) is 6.42 Å². The van der Waals surface area contributed by atoms with Gasteiger partial charge in [0.1, 0.15) is 5.82 Å². The maximum absolute atomic E-state index is 13.6. The van der Waals surface area contributed by atoms with E-state index in [9.17, 15) is 9.18 Å². The van der Waals surface area contributed by atoms with E-state index in [1.807, 2.05) is 6.92 Å². The average molecular weight is 266 g/mol. The van der Waals surface area contributed by atoms with Gasteiger partial charge in [0.15, 0.2) is 0 Å². The highest BCUT2D eigenvalue weighted by atomic mass is 19.1. The molecule has 1 fully saturated rings. The summed E-state index contributed by atoms with van der Waals surface area (Å²) in [6, 6.07) is 2.79. The number of carbonyl (C=O) groups is 1. The van der Waals surface area contributed by atoms with Gasteiger partial charge in [-0.1, -0.05) is 6.92 Å². The summed E-state index contributed by atoms with van der Waals surface area (Å²) in [5.74, 6) is -0.629. The van der Waals surface area contributed by atoms with Gasteiger partial charge in [0.25, 0.3) is 5.91 Å². The SMILES string of the molecule is CCC1CN(C(=O)c2cc(N)c(C)c(F)c2)CCO1. The van der Waals surface area contributed by atoms with Crippen molar-refractivity contribution in [2.75, 3.05) is 25.4 Å².